The number of imidazole rings is 1. The minimum Gasteiger partial charge on any atom is -0.445 e. The number of para-hydroxylation sites is 1. The lowest BCUT2D eigenvalue weighted by molar-refractivity contribution is 0.0181. The maximum Gasteiger partial charge on any atom is 0.410 e. The topological polar surface area (TPSA) is 124 Å². The number of sulfone groups is 1. The van der Waals surface area contributed by atoms with Crippen molar-refractivity contribution in [2.75, 3.05) is 25.1 Å². The Morgan fingerprint density at radius 3 is 2.39 bits per heavy atom. The van der Waals surface area contributed by atoms with Crippen LogP contribution in [0.25, 0.3) is 21.9 Å². The van der Waals surface area contributed by atoms with Crippen molar-refractivity contribution in [3.8, 4) is 0 Å². The quantitative estimate of drug-likeness (QED) is 0.222. The molecule has 12 heteroatoms. The van der Waals surface area contributed by atoms with Gasteiger partial charge in [-0.05, 0) is 45.2 Å². The van der Waals surface area contributed by atoms with Crippen molar-refractivity contribution in [2.24, 2.45) is 0 Å². The summed E-state index contributed by atoms with van der Waals surface area (Å²) in [7, 11) is -1.44. The maximum absolute atomic E-state index is 13.0. The van der Waals surface area contributed by atoms with Crippen LogP contribution in [0.4, 0.5) is 9.59 Å². The second kappa shape index (κ2) is 12.8. The van der Waals surface area contributed by atoms with E-state index in [0.717, 1.165) is 27.5 Å². The fourth-order valence-corrected chi connectivity index (χ4v) is 6.73. The van der Waals surface area contributed by atoms with Crippen molar-refractivity contribution in [3.05, 3.63) is 72.2 Å². The minimum absolute atomic E-state index is 0.0474. The van der Waals surface area contributed by atoms with Gasteiger partial charge in [-0.2, -0.15) is 0 Å². The molecule has 1 aliphatic rings. The number of fused-ring (bicyclic) bond motifs is 3. The van der Waals surface area contributed by atoms with E-state index in [1.165, 1.54) is 4.90 Å². The van der Waals surface area contributed by atoms with Crippen molar-refractivity contribution in [2.45, 2.75) is 65.0 Å². The van der Waals surface area contributed by atoms with Gasteiger partial charge in [0.1, 0.15) is 23.5 Å². The third-order valence-corrected chi connectivity index (χ3v) is 9.23. The molecule has 0 bridgehead atoms. The largest absolute Gasteiger partial charge is 0.445 e. The SMILES string of the molecule is CN(Cc1nc2cnc3ccccc3c2n1CCCCN(C(=O)OC(C)(C)C)C1CS(=O)(=O)C1)C(=O)OCc1ccccc1. The second-order valence-corrected chi connectivity index (χ2v) is 14.4. The number of rotatable bonds is 10. The molecule has 2 amide bonds. The van der Waals surface area contributed by atoms with E-state index in [2.05, 4.69) is 9.55 Å². The third kappa shape index (κ3) is 7.47. The molecule has 1 saturated heterocycles. The minimum atomic E-state index is -3.12. The predicted octanol–water partition coefficient (Wildman–Crippen LogP) is 5.17. The van der Waals surface area contributed by atoms with E-state index in [4.69, 9.17) is 14.5 Å². The number of carbonyl (C=O) groups excluding carboxylic acids is 2. The van der Waals surface area contributed by atoms with Gasteiger partial charge >= 0.3 is 12.2 Å². The molecule has 0 atom stereocenters. The van der Waals surface area contributed by atoms with Gasteiger partial charge in [-0.15, -0.1) is 0 Å². The number of pyridine rings is 1. The van der Waals surface area contributed by atoms with Crippen molar-refractivity contribution in [1.29, 1.82) is 0 Å². The standard InChI is InChI=1S/C32H39N5O6S/c1-32(2,3)43-31(39)36(24-21-44(40,41)22-24)16-10-11-17-37-28(19-35(4)30(38)42-20-23-12-6-5-7-13-23)34-27-18-33-26-15-9-8-14-25(26)29(27)37/h5-9,12-15,18,24H,10-11,16-17,19-22H2,1-4H3. The zero-order valence-electron chi connectivity index (χ0n) is 25.6. The Morgan fingerprint density at radius 1 is 0.977 bits per heavy atom. The van der Waals surface area contributed by atoms with E-state index in [-0.39, 0.29) is 30.7 Å². The van der Waals surface area contributed by atoms with Crippen LogP contribution in [-0.2, 0) is 39.0 Å². The smallest absolute Gasteiger partial charge is 0.410 e. The molecule has 5 rings (SSSR count). The number of hydrogen-bond donors (Lipinski definition) is 0. The van der Waals surface area contributed by atoms with Crippen LogP contribution in [0.5, 0.6) is 0 Å². The monoisotopic (exact) mass is 621 g/mol. The molecule has 1 aliphatic heterocycles. The molecule has 0 radical (unpaired) electrons. The number of ether oxygens (including phenoxy) is 2. The molecule has 0 spiro atoms. The molecule has 0 unspecified atom stereocenters. The number of aromatic nitrogens is 3. The first-order chi connectivity index (χ1) is 20.9. The summed E-state index contributed by atoms with van der Waals surface area (Å²) in [6, 6.07) is 17.0. The van der Waals surface area contributed by atoms with Crippen molar-refractivity contribution >= 4 is 44.0 Å². The van der Waals surface area contributed by atoms with E-state index in [0.29, 0.717) is 31.8 Å². The summed E-state index contributed by atoms with van der Waals surface area (Å²) in [5, 5.41) is 0.952. The van der Waals surface area contributed by atoms with Crippen molar-refractivity contribution < 1.29 is 27.5 Å². The summed E-state index contributed by atoms with van der Waals surface area (Å²) in [5.74, 6) is 0.592. The van der Waals surface area contributed by atoms with E-state index in [1.54, 1.807) is 38.9 Å². The van der Waals surface area contributed by atoms with Crippen LogP contribution in [0.3, 0.4) is 0 Å². The Kier molecular flexibility index (Phi) is 9.10. The van der Waals surface area contributed by atoms with E-state index in [1.807, 2.05) is 54.6 Å². The molecule has 0 N–H and O–H groups in total. The van der Waals surface area contributed by atoms with Gasteiger partial charge in [-0.1, -0.05) is 48.5 Å². The number of benzene rings is 2. The fraction of sp³-hybridized carbons (Fsp3) is 0.438. The molecular weight excluding hydrogens is 582 g/mol. The van der Waals surface area contributed by atoms with Crippen LogP contribution in [0, 0.1) is 0 Å². The molecule has 4 aromatic rings. The normalized spacial score (nSPS) is 14.7. The zero-order chi connectivity index (χ0) is 31.5. The molecule has 0 aliphatic carbocycles. The summed E-state index contributed by atoms with van der Waals surface area (Å²) in [4.78, 5) is 38.3. The van der Waals surface area contributed by atoms with Gasteiger partial charge in [0.15, 0.2) is 9.84 Å². The number of hydrogen-bond acceptors (Lipinski definition) is 8. The molecule has 44 heavy (non-hydrogen) atoms. The summed E-state index contributed by atoms with van der Waals surface area (Å²) in [5.41, 5.74) is 2.70. The van der Waals surface area contributed by atoms with Crippen LogP contribution < -0.4 is 0 Å². The molecule has 2 aromatic heterocycles. The van der Waals surface area contributed by atoms with Gasteiger partial charge in [-0.3, -0.25) is 4.98 Å². The number of aryl methyl sites for hydroxylation is 1. The summed E-state index contributed by atoms with van der Waals surface area (Å²) in [6.07, 6.45) is 2.08. The van der Waals surface area contributed by atoms with Crippen molar-refractivity contribution in [1.82, 2.24) is 24.3 Å². The number of carbonyl (C=O) groups is 2. The Bertz CT molecular complexity index is 1740. The molecule has 234 valence electrons. The molecule has 0 saturated carbocycles. The zero-order valence-corrected chi connectivity index (χ0v) is 26.4. The average molecular weight is 622 g/mol. The first kappa shape index (κ1) is 31.2. The maximum atomic E-state index is 13.0. The molecule has 3 heterocycles. The van der Waals surface area contributed by atoms with Crippen molar-refractivity contribution in [3.63, 3.8) is 0 Å². The number of unbranched alkanes of at least 4 members (excludes halogenated alkanes) is 1. The van der Waals surface area contributed by atoms with E-state index < -0.39 is 27.6 Å². The highest BCUT2D eigenvalue weighted by Crippen LogP contribution is 2.27. The lowest BCUT2D eigenvalue weighted by Crippen LogP contribution is -2.56. The molecular formula is C32H39N5O6S. The first-order valence-corrected chi connectivity index (χ1v) is 16.6. The summed E-state index contributed by atoms with van der Waals surface area (Å²) < 4.78 is 37.0. The average Bonchev–Trinajstić information content (AvgIpc) is 3.31. The van der Waals surface area contributed by atoms with Gasteiger partial charge in [0.25, 0.3) is 0 Å². The first-order valence-electron chi connectivity index (χ1n) is 14.7. The highest BCUT2D eigenvalue weighted by molar-refractivity contribution is 7.92. The molecule has 2 aromatic carbocycles. The Hall–Kier alpha value is -4.19. The van der Waals surface area contributed by atoms with Crippen LogP contribution in [0.2, 0.25) is 0 Å². The van der Waals surface area contributed by atoms with Gasteiger partial charge in [0.2, 0.25) is 0 Å². The van der Waals surface area contributed by atoms with E-state index >= 15 is 0 Å². The number of nitrogens with zero attached hydrogens (tertiary/aromatic N) is 5. The van der Waals surface area contributed by atoms with Gasteiger partial charge in [0, 0.05) is 25.5 Å². The van der Waals surface area contributed by atoms with Crippen LogP contribution >= 0.6 is 0 Å². The summed E-state index contributed by atoms with van der Waals surface area (Å²) >= 11 is 0. The van der Waals surface area contributed by atoms with Gasteiger partial charge < -0.3 is 23.8 Å². The van der Waals surface area contributed by atoms with Gasteiger partial charge in [-0.25, -0.2) is 23.0 Å². The van der Waals surface area contributed by atoms with Crippen LogP contribution in [0.15, 0.2) is 60.8 Å². The fourth-order valence-electron chi connectivity index (χ4n) is 5.29. The highest BCUT2D eigenvalue weighted by Gasteiger charge is 2.41. The lowest BCUT2D eigenvalue weighted by atomic mass is 10.2. The van der Waals surface area contributed by atoms with E-state index in [9.17, 15) is 18.0 Å². The molecule has 1 fully saturated rings. The molecule has 11 nitrogen and oxygen atoms in total. The van der Waals surface area contributed by atoms with Gasteiger partial charge in [0.05, 0.1) is 41.3 Å². The van der Waals surface area contributed by atoms with Crippen LogP contribution in [0.1, 0.15) is 45.0 Å². The Balaban J connectivity index is 1.32. The third-order valence-electron chi connectivity index (χ3n) is 7.45. The summed E-state index contributed by atoms with van der Waals surface area (Å²) in [6.45, 7) is 6.70. The Morgan fingerprint density at radius 2 is 1.68 bits per heavy atom. The second-order valence-electron chi connectivity index (χ2n) is 12.2. The Labute approximate surface area is 257 Å². The highest BCUT2D eigenvalue weighted by atomic mass is 32.2. The number of amides is 2. The lowest BCUT2D eigenvalue weighted by Gasteiger charge is -2.37. The van der Waals surface area contributed by atoms with Crippen LogP contribution in [-0.4, -0.2) is 81.7 Å². The predicted molar refractivity (Wildman–Crippen MR) is 168 cm³/mol.